The van der Waals surface area contributed by atoms with E-state index >= 15 is 0 Å². The number of halogens is 1. The van der Waals surface area contributed by atoms with Crippen LogP contribution in [-0.4, -0.2) is 55.6 Å². The van der Waals surface area contributed by atoms with Gasteiger partial charge in [-0.1, -0.05) is 6.07 Å². The highest BCUT2D eigenvalue weighted by atomic mass is 35.5. The standard InChI is InChI=1S/C18H25N3O3.ClH/c1-13-15(18(23)21-8-10-24-11-9-21)5-2-6-16(13)20-17(22)12-14-4-3-7-19-14;/h2,5-6,14,19H,3-4,7-12H2,1H3,(H,20,22);1H. The molecule has 0 aromatic heterocycles. The summed E-state index contributed by atoms with van der Waals surface area (Å²) in [6.07, 6.45) is 2.64. The fourth-order valence-electron chi connectivity index (χ4n) is 3.30. The van der Waals surface area contributed by atoms with Crippen molar-refractivity contribution >= 4 is 29.9 Å². The Hall–Kier alpha value is -1.63. The van der Waals surface area contributed by atoms with Crippen LogP contribution >= 0.6 is 12.4 Å². The van der Waals surface area contributed by atoms with Crippen molar-refractivity contribution in [1.82, 2.24) is 10.2 Å². The first-order chi connectivity index (χ1) is 11.6. The molecule has 1 unspecified atom stereocenters. The minimum Gasteiger partial charge on any atom is -0.378 e. The molecular formula is C18H26ClN3O3. The third-order valence-corrected chi connectivity index (χ3v) is 4.73. The summed E-state index contributed by atoms with van der Waals surface area (Å²) < 4.78 is 5.30. The predicted octanol–water partition coefficient (Wildman–Crippen LogP) is 1.97. The normalized spacial score (nSPS) is 20.0. The van der Waals surface area contributed by atoms with Gasteiger partial charge >= 0.3 is 0 Å². The zero-order valence-electron chi connectivity index (χ0n) is 14.5. The van der Waals surface area contributed by atoms with Gasteiger partial charge in [0.2, 0.25) is 5.91 Å². The van der Waals surface area contributed by atoms with Gasteiger partial charge in [-0.15, -0.1) is 12.4 Å². The van der Waals surface area contributed by atoms with E-state index in [1.54, 1.807) is 4.90 Å². The molecule has 1 atom stereocenters. The number of carbonyl (C=O) groups excluding carboxylic acids is 2. The molecule has 25 heavy (non-hydrogen) atoms. The number of ether oxygens (including phenoxy) is 1. The summed E-state index contributed by atoms with van der Waals surface area (Å²) in [5.41, 5.74) is 2.19. The zero-order chi connectivity index (χ0) is 16.9. The van der Waals surface area contributed by atoms with Crippen molar-refractivity contribution in [2.75, 3.05) is 38.2 Å². The summed E-state index contributed by atoms with van der Waals surface area (Å²) >= 11 is 0. The summed E-state index contributed by atoms with van der Waals surface area (Å²) in [6, 6.07) is 5.76. The number of nitrogens with zero attached hydrogens (tertiary/aromatic N) is 1. The van der Waals surface area contributed by atoms with E-state index < -0.39 is 0 Å². The van der Waals surface area contributed by atoms with Crippen molar-refractivity contribution in [2.24, 2.45) is 0 Å². The van der Waals surface area contributed by atoms with Gasteiger partial charge in [-0.3, -0.25) is 9.59 Å². The average Bonchev–Trinajstić information content (AvgIpc) is 3.10. The van der Waals surface area contributed by atoms with Crippen molar-refractivity contribution in [2.45, 2.75) is 32.2 Å². The quantitative estimate of drug-likeness (QED) is 0.853. The van der Waals surface area contributed by atoms with E-state index in [4.69, 9.17) is 4.74 Å². The van der Waals surface area contributed by atoms with Crippen molar-refractivity contribution in [1.29, 1.82) is 0 Å². The fraction of sp³-hybridized carbons (Fsp3) is 0.556. The molecule has 0 saturated carbocycles. The Labute approximate surface area is 154 Å². The highest BCUT2D eigenvalue weighted by molar-refractivity contribution is 5.99. The van der Waals surface area contributed by atoms with Gasteiger partial charge in [0.05, 0.1) is 13.2 Å². The Kier molecular flexibility index (Phi) is 7.23. The van der Waals surface area contributed by atoms with Crippen LogP contribution in [-0.2, 0) is 9.53 Å². The maximum Gasteiger partial charge on any atom is 0.254 e. The van der Waals surface area contributed by atoms with E-state index in [0.717, 1.165) is 30.6 Å². The number of amides is 2. The molecule has 0 aliphatic carbocycles. The van der Waals surface area contributed by atoms with E-state index in [-0.39, 0.29) is 30.3 Å². The van der Waals surface area contributed by atoms with Crippen LogP contribution in [0.3, 0.4) is 0 Å². The van der Waals surface area contributed by atoms with Crippen LogP contribution in [0.2, 0.25) is 0 Å². The molecule has 0 radical (unpaired) electrons. The molecule has 2 amide bonds. The van der Waals surface area contributed by atoms with Crippen molar-refractivity contribution in [3.05, 3.63) is 29.3 Å². The minimum absolute atomic E-state index is 0. The summed E-state index contributed by atoms with van der Waals surface area (Å²) in [5, 5.41) is 6.29. The number of morpholine rings is 1. The molecule has 2 N–H and O–H groups in total. The molecule has 2 fully saturated rings. The lowest BCUT2D eigenvalue weighted by Crippen LogP contribution is -2.41. The molecule has 2 aliphatic heterocycles. The van der Waals surface area contributed by atoms with Crippen LogP contribution in [0.1, 0.15) is 35.2 Å². The van der Waals surface area contributed by atoms with Gasteiger partial charge in [0, 0.05) is 36.8 Å². The minimum atomic E-state index is -0.00604. The number of rotatable bonds is 4. The first-order valence-electron chi connectivity index (χ1n) is 8.65. The monoisotopic (exact) mass is 367 g/mol. The third kappa shape index (κ3) is 4.93. The summed E-state index contributed by atoms with van der Waals surface area (Å²) in [4.78, 5) is 26.7. The van der Waals surface area contributed by atoms with E-state index in [2.05, 4.69) is 10.6 Å². The van der Waals surface area contributed by atoms with Gasteiger partial charge in [-0.25, -0.2) is 0 Å². The second-order valence-corrected chi connectivity index (χ2v) is 6.43. The molecule has 7 heteroatoms. The van der Waals surface area contributed by atoms with Gasteiger partial charge in [0.15, 0.2) is 0 Å². The molecule has 3 rings (SSSR count). The Morgan fingerprint density at radius 2 is 2.08 bits per heavy atom. The fourth-order valence-corrected chi connectivity index (χ4v) is 3.30. The first kappa shape index (κ1) is 19.7. The van der Waals surface area contributed by atoms with E-state index in [9.17, 15) is 9.59 Å². The van der Waals surface area contributed by atoms with Crippen LogP contribution in [0.5, 0.6) is 0 Å². The van der Waals surface area contributed by atoms with E-state index in [1.165, 1.54) is 0 Å². The highest BCUT2D eigenvalue weighted by Crippen LogP contribution is 2.21. The molecule has 0 spiro atoms. The predicted molar refractivity (Wildman–Crippen MR) is 99.4 cm³/mol. The molecule has 1 aromatic carbocycles. The van der Waals surface area contributed by atoms with Gasteiger partial charge in [0.1, 0.15) is 0 Å². The highest BCUT2D eigenvalue weighted by Gasteiger charge is 2.22. The summed E-state index contributed by atoms with van der Waals surface area (Å²) in [7, 11) is 0. The van der Waals surface area contributed by atoms with Crippen molar-refractivity contribution in [3.8, 4) is 0 Å². The summed E-state index contributed by atoms with van der Waals surface area (Å²) in [5.74, 6) is -0.00201. The lowest BCUT2D eigenvalue weighted by molar-refractivity contribution is -0.116. The smallest absolute Gasteiger partial charge is 0.254 e. The molecule has 138 valence electrons. The molecule has 6 nitrogen and oxygen atoms in total. The van der Waals surface area contributed by atoms with Crippen LogP contribution in [0.15, 0.2) is 18.2 Å². The van der Waals surface area contributed by atoms with Crippen molar-refractivity contribution < 1.29 is 14.3 Å². The van der Waals surface area contributed by atoms with Crippen LogP contribution in [0.4, 0.5) is 5.69 Å². The Morgan fingerprint density at radius 3 is 2.76 bits per heavy atom. The lowest BCUT2D eigenvalue weighted by Gasteiger charge is -2.27. The van der Waals surface area contributed by atoms with Crippen molar-refractivity contribution in [3.63, 3.8) is 0 Å². The molecule has 2 aliphatic rings. The Bertz CT molecular complexity index is 612. The maximum absolute atomic E-state index is 12.7. The number of hydrogen-bond acceptors (Lipinski definition) is 4. The lowest BCUT2D eigenvalue weighted by atomic mass is 10.0. The number of benzene rings is 1. The average molecular weight is 368 g/mol. The second kappa shape index (κ2) is 9.17. The van der Waals surface area contributed by atoms with Crippen LogP contribution < -0.4 is 10.6 Å². The van der Waals surface area contributed by atoms with Crippen LogP contribution in [0, 0.1) is 6.92 Å². The number of anilines is 1. The molecule has 2 saturated heterocycles. The number of nitrogens with one attached hydrogen (secondary N) is 2. The van der Waals surface area contributed by atoms with E-state index in [0.29, 0.717) is 38.3 Å². The van der Waals surface area contributed by atoms with Gasteiger partial charge < -0.3 is 20.3 Å². The van der Waals surface area contributed by atoms with Gasteiger partial charge in [-0.2, -0.15) is 0 Å². The van der Waals surface area contributed by atoms with Crippen LogP contribution in [0.25, 0.3) is 0 Å². The zero-order valence-corrected chi connectivity index (χ0v) is 15.4. The van der Waals surface area contributed by atoms with Gasteiger partial charge in [0.25, 0.3) is 5.91 Å². The molecule has 0 bridgehead atoms. The third-order valence-electron chi connectivity index (χ3n) is 4.73. The molecule has 2 heterocycles. The van der Waals surface area contributed by atoms with E-state index in [1.807, 2.05) is 25.1 Å². The topological polar surface area (TPSA) is 70.7 Å². The largest absolute Gasteiger partial charge is 0.378 e. The number of carbonyl (C=O) groups is 2. The number of hydrogen-bond donors (Lipinski definition) is 2. The SMILES string of the molecule is Cc1c(NC(=O)CC2CCCN2)cccc1C(=O)N1CCOCC1.Cl. The first-order valence-corrected chi connectivity index (χ1v) is 8.65. The maximum atomic E-state index is 12.7. The second-order valence-electron chi connectivity index (χ2n) is 6.43. The Balaban J connectivity index is 0.00000225. The molecular weight excluding hydrogens is 342 g/mol. The summed E-state index contributed by atoms with van der Waals surface area (Å²) in [6.45, 7) is 5.26. The van der Waals surface area contributed by atoms with Gasteiger partial charge in [-0.05, 0) is 44.0 Å². The Morgan fingerprint density at radius 1 is 1.32 bits per heavy atom. The molecule has 1 aromatic rings.